The lowest BCUT2D eigenvalue weighted by atomic mass is 9.93. The van der Waals surface area contributed by atoms with Crippen LogP contribution in [-0.4, -0.2) is 109 Å². The maximum atomic E-state index is 13.8. The first kappa shape index (κ1) is 26.1. The lowest BCUT2D eigenvalue weighted by Gasteiger charge is -2.38. The molecule has 7 rings (SSSR count). The number of amides is 2. The molecule has 7 heterocycles. The van der Waals surface area contributed by atoms with Crippen LogP contribution in [0.1, 0.15) is 25.7 Å². The van der Waals surface area contributed by atoms with Gasteiger partial charge in [0.2, 0.25) is 11.8 Å². The minimum absolute atomic E-state index is 0.00213. The Bertz CT molecular complexity index is 1050. The third kappa shape index (κ3) is 4.98. The molecule has 208 valence electrons. The Kier molecular flexibility index (Phi) is 7.45. The Morgan fingerprint density at radius 1 is 1.08 bits per heavy atom. The molecule has 38 heavy (non-hydrogen) atoms. The molecule has 13 heteroatoms. The van der Waals surface area contributed by atoms with E-state index in [2.05, 4.69) is 35.7 Å². The number of rotatable bonds is 4. The van der Waals surface area contributed by atoms with E-state index in [1.54, 1.807) is 17.4 Å². The van der Waals surface area contributed by atoms with E-state index in [4.69, 9.17) is 17.3 Å². The monoisotopic (exact) mass is 549 g/mol. The van der Waals surface area contributed by atoms with Crippen molar-refractivity contribution >= 4 is 34.8 Å². The highest BCUT2D eigenvalue weighted by atomic mass is 35.5. The fraction of sp³-hybridized carbons (Fsp3) is 0.720. The van der Waals surface area contributed by atoms with Gasteiger partial charge in [-0.15, -0.1) is 0 Å². The van der Waals surface area contributed by atoms with E-state index in [9.17, 15) is 14.0 Å². The van der Waals surface area contributed by atoms with Crippen LogP contribution in [0.5, 0.6) is 0 Å². The number of carbonyl (C=O) groups excluding carboxylic acids is 2. The average molecular weight is 550 g/mol. The first-order valence-electron chi connectivity index (χ1n) is 13.8. The lowest BCUT2D eigenvalue weighted by molar-refractivity contribution is -0.138. The van der Waals surface area contributed by atoms with Crippen LogP contribution < -0.4 is 26.7 Å². The first-order chi connectivity index (χ1) is 18.4. The van der Waals surface area contributed by atoms with Gasteiger partial charge in [0.1, 0.15) is 6.17 Å². The number of hydrazine groups is 1. The Balaban J connectivity index is 1.12. The van der Waals surface area contributed by atoms with Crippen molar-refractivity contribution in [1.82, 2.24) is 30.5 Å². The van der Waals surface area contributed by atoms with E-state index in [-0.39, 0.29) is 30.8 Å². The summed E-state index contributed by atoms with van der Waals surface area (Å²) in [6.45, 7) is 5.65. The largest absolute Gasteiger partial charge is 0.369 e. The molecule has 1 aromatic rings. The molecule has 6 aliphatic rings. The van der Waals surface area contributed by atoms with Gasteiger partial charge in [-0.1, -0.05) is 11.6 Å². The summed E-state index contributed by atoms with van der Waals surface area (Å²) in [6, 6.07) is 0.373. The van der Waals surface area contributed by atoms with Crippen LogP contribution in [0.25, 0.3) is 0 Å². The van der Waals surface area contributed by atoms with Gasteiger partial charge in [0, 0.05) is 70.5 Å². The van der Waals surface area contributed by atoms with Crippen molar-refractivity contribution < 1.29 is 14.0 Å². The number of piperidine rings is 2. The molecule has 0 aliphatic carbocycles. The van der Waals surface area contributed by atoms with Crippen molar-refractivity contribution in [2.75, 3.05) is 62.6 Å². The predicted octanol–water partition coefficient (Wildman–Crippen LogP) is 0.185. The van der Waals surface area contributed by atoms with Crippen LogP contribution in [0.15, 0.2) is 12.4 Å². The molecular formula is C25H37ClFN9O2. The SMILES string of the molecule is NC1NN2CC(F)CNC2C1C(=O)Nc1cncc(Cl)c1N1CCC(C(=O)N2CCN3CCC2CC3)CC1. The second-order valence-electron chi connectivity index (χ2n) is 11.2. The van der Waals surface area contributed by atoms with Crippen LogP contribution in [0.3, 0.4) is 0 Å². The van der Waals surface area contributed by atoms with Crippen molar-refractivity contribution in [2.24, 2.45) is 17.6 Å². The van der Waals surface area contributed by atoms with Gasteiger partial charge in [-0.05, 0) is 25.7 Å². The van der Waals surface area contributed by atoms with Gasteiger partial charge < -0.3 is 25.8 Å². The highest BCUT2D eigenvalue weighted by Gasteiger charge is 2.47. The molecule has 6 fully saturated rings. The van der Waals surface area contributed by atoms with Gasteiger partial charge in [-0.2, -0.15) is 0 Å². The molecule has 0 saturated carbocycles. The average Bonchev–Trinajstić information content (AvgIpc) is 3.03. The zero-order valence-corrected chi connectivity index (χ0v) is 22.2. The third-order valence-electron chi connectivity index (χ3n) is 8.85. The normalized spacial score (nSPS) is 34.2. The standard InChI is InChI=1S/C25H37ClFN9O2/c26-18-12-29-13-19(31-24(37)20-22(28)32-36-14-16(27)11-30-23(20)36)21(18)34-7-1-15(2-8-34)25(38)35-10-9-33-5-3-17(35)4-6-33/h12-13,15-17,20,22-23,30,32H,1-11,14,28H2,(H,31,37). The molecule has 0 radical (unpaired) electrons. The Morgan fingerprint density at radius 3 is 2.61 bits per heavy atom. The molecule has 0 aromatic carbocycles. The summed E-state index contributed by atoms with van der Waals surface area (Å²) < 4.78 is 13.8. The zero-order chi connectivity index (χ0) is 26.4. The minimum atomic E-state index is -1.03. The number of fused-ring (bicyclic) bond motifs is 5. The molecule has 4 atom stereocenters. The van der Waals surface area contributed by atoms with Crippen molar-refractivity contribution in [3.05, 3.63) is 17.4 Å². The Labute approximate surface area is 227 Å². The molecule has 6 aliphatic heterocycles. The van der Waals surface area contributed by atoms with Crippen molar-refractivity contribution in [3.8, 4) is 0 Å². The van der Waals surface area contributed by atoms with Crippen LogP contribution in [0.2, 0.25) is 5.02 Å². The second-order valence-corrected chi connectivity index (χ2v) is 11.6. The number of aromatic nitrogens is 1. The maximum absolute atomic E-state index is 13.8. The van der Waals surface area contributed by atoms with Crippen molar-refractivity contribution in [3.63, 3.8) is 0 Å². The van der Waals surface area contributed by atoms with E-state index in [0.717, 1.165) is 51.9 Å². The van der Waals surface area contributed by atoms with Crippen molar-refractivity contribution in [1.29, 1.82) is 0 Å². The fourth-order valence-corrected chi connectivity index (χ4v) is 7.07. The zero-order valence-electron chi connectivity index (χ0n) is 21.5. The second kappa shape index (κ2) is 10.8. The van der Waals surface area contributed by atoms with Crippen LogP contribution in [0.4, 0.5) is 15.8 Å². The molecular weight excluding hydrogens is 513 g/mol. The van der Waals surface area contributed by atoms with Crippen LogP contribution >= 0.6 is 11.6 Å². The number of hydrogen-bond acceptors (Lipinski definition) is 9. The number of nitrogens with two attached hydrogens (primary N) is 1. The van der Waals surface area contributed by atoms with E-state index in [1.807, 2.05) is 0 Å². The summed E-state index contributed by atoms with van der Waals surface area (Å²) in [6.07, 6.45) is 4.70. The van der Waals surface area contributed by atoms with Gasteiger partial charge in [-0.25, -0.2) is 14.8 Å². The number of pyridine rings is 1. The summed E-state index contributed by atoms with van der Waals surface area (Å²) in [7, 11) is 0. The highest BCUT2D eigenvalue weighted by Crippen LogP contribution is 2.37. The fourth-order valence-electron chi connectivity index (χ4n) is 6.80. The quantitative estimate of drug-likeness (QED) is 0.417. The summed E-state index contributed by atoms with van der Waals surface area (Å²) in [5, 5.41) is 8.17. The molecule has 0 spiro atoms. The number of alkyl halides is 1. The number of hydrogen-bond donors (Lipinski definition) is 4. The third-order valence-corrected chi connectivity index (χ3v) is 9.13. The Morgan fingerprint density at radius 2 is 1.84 bits per heavy atom. The lowest BCUT2D eigenvalue weighted by Crippen LogP contribution is -2.58. The van der Waals surface area contributed by atoms with E-state index < -0.39 is 24.4 Å². The summed E-state index contributed by atoms with van der Waals surface area (Å²) in [5.41, 5.74) is 10.4. The molecule has 1 aromatic heterocycles. The van der Waals surface area contributed by atoms with Crippen molar-refractivity contribution in [2.45, 2.75) is 50.2 Å². The first-order valence-corrected chi connectivity index (χ1v) is 14.1. The Hall–Kier alpha value is -2.09. The molecule has 4 unspecified atom stereocenters. The number of nitrogens with one attached hydrogen (secondary N) is 3. The van der Waals surface area contributed by atoms with E-state index >= 15 is 0 Å². The topological polar surface area (TPSA) is 122 Å². The number of carbonyl (C=O) groups is 2. The van der Waals surface area contributed by atoms with Gasteiger partial charge in [0.15, 0.2) is 0 Å². The van der Waals surface area contributed by atoms with Gasteiger partial charge in [0.05, 0.1) is 40.8 Å². The predicted molar refractivity (Wildman–Crippen MR) is 142 cm³/mol. The smallest absolute Gasteiger partial charge is 0.233 e. The van der Waals surface area contributed by atoms with Crippen LogP contribution in [0, 0.1) is 11.8 Å². The molecule has 6 saturated heterocycles. The van der Waals surface area contributed by atoms with Gasteiger partial charge in [0.25, 0.3) is 0 Å². The summed E-state index contributed by atoms with van der Waals surface area (Å²) >= 11 is 6.61. The van der Waals surface area contributed by atoms with Gasteiger partial charge >= 0.3 is 0 Å². The van der Waals surface area contributed by atoms with Gasteiger partial charge in [-0.3, -0.25) is 19.9 Å². The summed E-state index contributed by atoms with van der Waals surface area (Å²) in [4.78, 5) is 37.8. The maximum Gasteiger partial charge on any atom is 0.233 e. The number of anilines is 2. The van der Waals surface area contributed by atoms with E-state index in [0.29, 0.717) is 35.5 Å². The van der Waals surface area contributed by atoms with E-state index in [1.165, 1.54) is 0 Å². The van der Waals surface area contributed by atoms with Crippen LogP contribution in [-0.2, 0) is 9.59 Å². The number of nitrogens with zero attached hydrogens (tertiary/aromatic N) is 5. The number of halogens is 2. The molecule has 2 amide bonds. The summed E-state index contributed by atoms with van der Waals surface area (Å²) in [5.74, 6) is -0.625. The molecule has 2 bridgehead atoms. The minimum Gasteiger partial charge on any atom is -0.369 e. The molecule has 5 N–H and O–H groups in total. The molecule has 11 nitrogen and oxygen atoms in total. The highest BCUT2D eigenvalue weighted by molar-refractivity contribution is 6.34.